The standard InChI is InChI=1S/C13H24S2/c1-3-5-6-8-12(7-4-2)13-11-14-9-10-15-13/h3,12-13H,1,4-11H2,2H3. The Hall–Kier alpha value is 0.440. The van der Waals surface area contributed by atoms with E-state index in [1.54, 1.807) is 0 Å². The van der Waals surface area contributed by atoms with Gasteiger partial charge in [-0.25, -0.2) is 0 Å². The summed E-state index contributed by atoms with van der Waals surface area (Å²) >= 11 is 4.38. The van der Waals surface area contributed by atoms with Crippen LogP contribution in [-0.2, 0) is 0 Å². The molecule has 1 rings (SSSR count). The van der Waals surface area contributed by atoms with Crippen molar-refractivity contribution in [3.05, 3.63) is 12.7 Å². The first-order valence-electron chi connectivity index (χ1n) is 6.18. The number of hydrogen-bond donors (Lipinski definition) is 0. The van der Waals surface area contributed by atoms with Crippen LogP contribution in [0.15, 0.2) is 12.7 Å². The normalized spacial score (nSPS) is 23.7. The molecule has 1 heterocycles. The Labute approximate surface area is 104 Å². The molecule has 1 aliphatic heterocycles. The van der Waals surface area contributed by atoms with Gasteiger partial charge in [0.2, 0.25) is 0 Å². The molecule has 2 atom stereocenters. The minimum absolute atomic E-state index is 0.938. The van der Waals surface area contributed by atoms with Crippen molar-refractivity contribution in [3.8, 4) is 0 Å². The lowest BCUT2D eigenvalue weighted by Gasteiger charge is -2.29. The van der Waals surface area contributed by atoms with E-state index < -0.39 is 0 Å². The van der Waals surface area contributed by atoms with Crippen LogP contribution in [0.25, 0.3) is 0 Å². The van der Waals surface area contributed by atoms with Crippen LogP contribution in [0.3, 0.4) is 0 Å². The first-order valence-corrected chi connectivity index (χ1v) is 8.39. The SMILES string of the molecule is C=CCCCC(CCC)C1CSCCS1. The topological polar surface area (TPSA) is 0 Å². The maximum Gasteiger partial charge on any atom is 0.0166 e. The average molecular weight is 244 g/mol. The van der Waals surface area contributed by atoms with Crippen molar-refractivity contribution in [2.45, 2.75) is 44.3 Å². The van der Waals surface area contributed by atoms with Crippen LogP contribution in [0.4, 0.5) is 0 Å². The zero-order chi connectivity index (χ0) is 10.9. The molecule has 0 aromatic rings. The highest BCUT2D eigenvalue weighted by atomic mass is 32.2. The van der Waals surface area contributed by atoms with Crippen molar-refractivity contribution in [1.82, 2.24) is 0 Å². The summed E-state index contributed by atoms with van der Waals surface area (Å²) in [5.74, 6) is 5.10. The lowest BCUT2D eigenvalue weighted by Crippen LogP contribution is -2.24. The third-order valence-electron chi connectivity index (χ3n) is 3.01. The predicted octanol–water partition coefficient (Wildman–Crippen LogP) is 4.61. The molecule has 0 aromatic carbocycles. The van der Waals surface area contributed by atoms with Gasteiger partial charge in [-0.1, -0.05) is 19.4 Å². The van der Waals surface area contributed by atoms with Gasteiger partial charge in [0, 0.05) is 22.5 Å². The van der Waals surface area contributed by atoms with E-state index in [0.29, 0.717) is 0 Å². The van der Waals surface area contributed by atoms with E-state index in [4.69, 9.17) is 0 Å². The Morgan fingerprint density at radius 1 is 1.40 bits per heavy atom. The van der Waals surface area contributed by atoms with E-state index in [1.165, 1.54) is 49.4 Å². The molecular formula is C13H24S2. The number of allylic oxidation sites excluding steroid dienone is 1. The molecule has 1 aliphatic rings. The third kappa shape index (κ3) is 5.35. The quantitative estimate of drug-likeness (QED) is 0.474. The molecule has 1 saturated heterocycles. The van der Waals surface area contributed by atoms with E-state index in [-0.39, 0.29) is 0 Å². The van der Waals surface area contributed by atoms with Crippen molar-refractivity contribution in [2.24, 2.45) is 5.92 Å². The van der Waals surface area contributed by atoms with Gasteiger partial charge in [-0.3, -0.25) is 0 Å². The second-order valence-corrected chi connectivity index (χ2v) is 6.75. The van der Waals surface area contributed by atoms with Crippen LogP contribution < -0.4 is 0 Å². The Balaban J connectivity index is 2.29. The van der Waals surface area contributed by atoms with Gasteiger partial charge in [0.05, 0.1) is 0 Å². The van der Waals surface area contributed by atoms with Gasteiger partial charge in [-0.2, -0.15) is 23.5 Å². The lowest BCUT2D eigenvalue weighted by molar-refractivity contribution is 0.433. The van der Waals surface area contributed by atoms with Crippen molar-refractivity contribution in [2.75, 3.05) is 17.3 Å². The summed E-state index contributed by atoms with van der Waals surface area (Å²) in [5.41, 5.74) is 0. The predicted molar refractivity (Wildman–Crippen MR) is 76.0 cm³/mol. The Kier molecular flexibility index (Phi) is 7.72. The highest BCUT2D eigenvalue weighted by Gasteiger charge is 2.23. The van der Waals surface area contributed by atoms with Gasteiger partial charge >= 0.3 is 0 Å². The molecule has 2 unspecified atom stereocenters. The highest BCUT2D eigenvalue weighted by Crippen LogP contribution is 2.34. The fourth-order valence-electron chi connectivity index (χ4n) is 2.19. The minimum Gasteiger partial charge on any atom is -0.160 e. The van der Waals surface area contributed by atoms with Crippen LogP contribution in [0, 0.1) is 5.92 Å². The van der Waals surface area contributed by atoms with Gasteiger partial charge in [0.1, 0.15) is 0 Å². The summed E-state index contributed by atoms with van der Waals surface area (Å²) in [6, 6.07) is 0. The molecule has 0 spiro atoms. The molecule has 1 fully saturated rings. The molecule has 0 aromatic heterocycles. The first kappa shape index (κ1) is 13.5. The Bertz CT molecular complexity index is 162. The van der Waals surface area contributed by atoms with E-state index in [9.17, 15) is 0 Å². The summed E-state index contributed by atoms with van der Waals surface area (Å²) in [5, 5.41) is 0.938. The third-order valence-corrected chi connectivity index (χ3v) is 5.99. The summed E-state index contributed by atoms with van der Waals surface area (Å²) in [6.45, 7) is 6.13. The number of unbranched alkanes of at least 4 members (excludes halogenated alkanes) is 1. The van der Waals surface area contributed by atoms with E-state index in [1.807, 2.05) is 0 Å². The summed E-state index contributed by atoms with van der Waals surface area (Å²) in [7, 11) is 0. The fraction of sp³-hybridized carbons (Fsp3) is 0.846. The highest BCUT2D eigenvalue weighted by molar-refractivity contribution is 8.06. The molecule has 88 valence electrons. The zero-order valence-electron chi connectivity index (χ0n) is 9.91. The van der Waals surface area contributed by atoms with Crippen molar-refractivity contribution in [3.63, 3.8) is 0 Å². The van der Waals surface area contributed by atoms with Crippen LogP contribution in [0.2, 0.25) is 0 Å². The van der Waals surface area contributed by atoms with E-state index in [0.717, 1.165) is 11.2 Å². The molecule has 15 heavy (non-hydrogen) atoms. The van der Waals surface area contributed by atoms with Crippen LogP contribution in [-0.4, -0.2) is 22.5 Å². The van der Waals surface area contributed by atoms with Gasteiger partial charge in [-0.15, -0.1) is 6.58 Å². The Morgan fingerprint density at radius 2 is 2.27 bits per heavy atom. The molecular weight excluding hydrogens is 220 g/mol. The Morgan fingerprint density at radius 3 is 2.87 bits per heavy atom. The number of rotatable bonds is 7. The average Bonchev–Trinajstić information content (AvgIpc) is 2.29. The summed E-state index contributed by atoms with van der Waals surface area (Å²) in [4.78, 5) is 0. The maximum absolute atomic E-state index is 3.81. The second kappa shape index (κ2) is 8.58. The van der Waals surface area contributed by atoms with E-state index in [2.05, 4.69) is 43.1 Å². The first-order chi connectivity index (χ1) is 7.38. The van der Waals surface area contributed by atoms with Crippen molar-refractivity contribution >= 4 is 23.5 Å². The van der Waals surface area contributed by atoms with Crippen LogP contribution in [0.5, 0.6) is 0 Å². The van der Waals surface area contributed by atoms with Gasteiger partial charge in [0.25, 0.3) is 0 Å². The largest absolute Gasteiger partial charge is 0.160 e. The molecule has 0 amide bonds. The van der Waals surface area contributed by atoms with E-state index >= 15 is 0 Å². The van der Waals surface area contributed by atoms with Crippen molar-refractivity contribution < 1.29 is 0 Å². The molecule has 0 bridgehead atoms. The van der Waals surface area contributed by atoms with Gasteiger partial charge in [-0.05, 0) is 31.6 Å². The zero-order valence-corrected chi connectivity index (χ0v) is 11.5. The summed E-state index contributed by atoms with van der Waals surface area (Å²) < 4.78 is 0. The molecule has 0 radical (unpaired) electrons. The molecule has 0 saturated carbocycles. The smallest absolute Gasteiger partial charge is 0.0166 e. The molecule has 0 nitrogen and oxygen atoms in total. The second-order valence-electron chi connectivity index (χ2n) is 4.25. The molecule has 2 heteroatoms. The molecule has 0 N–H and O–H groups in total. The van der Waals surface area contributed by atoms with Gasteiger partial charge in [0.15, 0.2) is 0 Å². The fourth-order valence-corrected chi connectivity index (χ4v) is 5.24. The monoisotopic (exact) mass is 244 g/mol. The number of hydrogen-bond acceptors (Lipinski definition) is 2. The van der Waals surface area contributed by atoms with Crippen molar-refractivity contribution in [1.29, 1.82) is 0 Å². The molecule has 0 aliphatic carbocycles. The maximum atomic E-state index is 3.81. The minimum atomic E-state index is 0.938. The van der Waals surface area contributed by atoms with Crippen LogP contribution in [0.1, 0.15) is 39.0 Å². The number of thioether (sulfide) groups is 2. The van der Waals surface area contributed by atoms with Gasteiger partial charge < -0.3 is 0 Å². The summed E-state index contributed by atoms with van der Waals surface area (Å²) in [6.07, 6.45) is 8.79. The van der Waals surface area contributed by atoms with Crippen LogP contribution >= 0.6 is 23.5 Å². The lowest BCUT2D eigenvalue weighted by atomic mass is 9.94.